The van der Waals surface area contributed by atoms with Gasteiger partial charge in [0.25, 0.3) is 0 Å². The SMILES string of the molecule is CCOC(=O)N1CCCc2ccc(O)cc2C1Cc1ccccc1. The van der Waals surface area contributed by atoms with Gasteiger partial charge >= 0.3 is 6.09 Å². The maximum absolute atomic E-state index is 12.5. The molecule has 1 amide bonds. The lowest BCUT2D eigenvalue weighted by atomic mass is 9.93. The van der Waals surface area contributed by atoms with Gasteiger partial charge in [0.1, 0.15) is 5.75 Å². The van der Waals surface area contributed by atoms with Gasteiger partial charge in [0.15, 0.2) is 0 Å². The Hall–Kier alpha value is -2.49. The maximum atomic E-state index is 12.5. The molecule has 2 aromatic rings. The number of benzene rings is 2. The number of carbonyl (C=O) groups excluding carboxylic acids is 1. The molecular formula is C20H23NO3. The zero-order chi connectivity index (χ0) is 16.9. The van der Waals surface area contributed by atoms with E-state index in [-0.39, 0.29) is 17.9 Å². The summed E-state index contributed by atoms with van der Waals surface area (Å²) in [4.78, 5) is 14.3. The van der Waals surface area contributed by atoms with Crippen molar-refractivity contribution >= 4 is 6.09 Å². The number of aromatic hydroxyl groups is 1. The molecule has 24 heavy (non-hydrogen) atoms. The summed E-state index contributed by atoms with van der Waals surface area (Å²) < 4.78 is 5.27. The van der Waals surface area contributed by atoms with E-state index in [0.29, 0.717) is 19.6 Å². The molecular weight excluding hydrogens is 302 g/mol. The lowest BCUT2D eigenvalue weighted by molar-refractivity contribution is 0.0904. The normalized spacial score (nSPS) is 17.0. The van der Waals surface area contributed by atoms with Gasteiger partial charge in [0.2, 0.25) is 0 Å². The van der Waals surface area contributed by atoms with Crippen molar-refractivity contribution in [3.8, 4) is 5.75 Å². The van der Waals surface area contributed by atoms with E-state index < -0.39 is 0 Å². The Bertz CT molecular complexity index is 699. The summed E-state index contributed by atoms with van der Waals surface area (Å²) in [6.07, 6.45) is 2.21. The third-order valence-corrected chi connectivity index (χ3v) is 4.48. The summed E-state index contributed by atoms with van der Waals surface area (Å²) >= 11 is 0. The minimum Gasteiger partial charge on any atom is -0.508 e. The van der Waals surface area contributed by atoms with Crippen LogP contribution in [0.15, 0.2) is 48.5 Å². The summed E-state index contributed by atoms with van der Waals surface area (Å²) in [5, 5.41) is 9.96. The average Bonchev–Trinajstić information content (AvgIpc) is 2.76. The third-order valence-electron chi connectivity index (χ3n) is 4.48. The number of hydrogen-bond donors (Lipinski definition) is 1. The fourth-order valence-corrected chi connectivity index (χ4v) is 3.37. The van der Waals surface area contributed by atoms with E-state index in [2.05, 4.69) is 12.1 Å². The second kappa shape index (κ2) is 7.39. The molecule has 0 radical (unpaired) electrons. The van der Waals surface area contributed by atoms with E-state index in [4.69, 9.17) is 4.74 Å². The van der Waals surface area contributed by atoms with Crippen LogP contribution in [0.5, 0.6) is 5.75 Å². The molecule has 0 saturated heterocycles. The molecule has 0 aromatic heterocycles. The second-order valence-electron chi connectivity index (χ2n) is 6.08. The molecule has 2 aromatic carbocycles. The number of amides is 1. The molecule has 1 N–H and O–H groups in total. The molecule has 0 aliphatic carbocycles. The van der Waals surface area contributed by atoms with Crippen LogP contribution in [-0.4, -0.2) is 29.3 Å². The van der Waals surface area contributed by atoms with Crippen LogP contribution in [0.2, 0.25) is 0 Å². The predicted octanol–water partition coefficient (Wildman–Crippen LogP) is 4.08. The summed E-state index contributed by atoms with van der Waals surface area (Å²) in [5.41, 5.74) is 3.37. The fraction of sp³-hybridized carbons (Fsp3) is 0.350. The Morgan fingerprint density at radius 3 is 2.79 bits per heavy atom. The van der Waals surface area contributed by atoms with Gasteiger partial charge in [-0.25, -0.2) is 4.79 Å². The zero-order valence-corrected chi connectivity index (χ0v) is 13.9. The number of ether oxygens (including phenoxy) is 1. The lowest BCUT2D eigenvalue weighted by Gasteiger charge is -2.30. The van der Waals surface area contributed by atoms with Gasteiger partial charge in [0, 0.05) is 6.54 Å². The van der Waals surface area contributed by atoms with Gasteiger partial charge in [-0.3, -0.25) is 0 Å². The van der Waals surface area contributed by atoms with E-state index >= 15 is 0 Å². The highest BCUT2D eigenvalue weighted by molar-refractivity contribution is 5.69. The van der Waals surface area contributed by atoms with Crippen LogP contribution < -0.4 is 0 Å². The summed E-state index contributed by atoms with van der Waals surface area (Å²) in [5.74, 6) is 0.234. The molecule has 0 fully saturated rings. The Balaban J connectivity index is 2.00. The average molecular weight is 325 g/mol. The molecule has 1 aliphatic rings. The number of phenolic OH excluding ortho intramolecular Hbond substituents is 1. The Morgan fingerprint density at radius 1 is 1.25 bits per heavy atom. The quantitative estimate of drug-likeness (QED) is 0.925. The number of aryl methyl sites for hydroxylation is 1. The van der Waals surface area contributed by atoms with Crippen LogP contribution in [0.3, 0.4) is 0 Å². The predicted molar refractivity (Wildman–Crippen MR) is 93.0 cm³/mol. The number of nitrogens with zero attached hydrogens (tertiary/aromatic N) is 1. The molecule has 4 heteroatoms. The van der Waals surface area contributed by atoms with Crippen LogP contribution in [-0.2, 0) is 17.6 Å². The van der Waals surface area contributed by atoms with Crippen LogP contribution in [0.1, 0.15) is 36.1 Å². The highest BCUT2D eigenvalue weighted by atomic mass is 16.6. The number of hydrogen-bond acceptors (Lipinski definition) is 3. The molecule has 1 heterocycles. The highest BCUT2D eigenvalue weighted by Gasteiger charge is 2.30. The molecule has 1 aliphatic heterocycles. The molecule has 0 spiro atoms. The van der Waals surface area contributed by atoms with Crippen molar-refractivity contribution in [1.29, 1.82) is 0 Å². The van der Waals surface area contributed by atoms with E-state index in [1.165, 1.54) is 5.56 Å². The van der Waals surface area contributed by atoms with Crippen molar-refractivity contribution in [1.82, 2.24) is 4.90 Å². The molecule has 1 unspecified atom stereocenters. The van der Waals surface area contributed by atoms with Gasteiger partial charge in [-0.2, -0.15) is 0 Å². The van der Waals surface area contributed by atoms with E-state index in [9.17, 15) is 9.90 Å². The largest absolute Gasteiger partial charge is 0.508 e. The van der Waals surface area contributed by atoms with Gasteiger partial charge in [-0.05, 0) is 55.0 Å². The second-order valence-corrected chi connectivity index (χ2v) is 6.08. The third kappa shape index (κ3) is 3.53. The number of phenols is 1. The maximum Gasteiger partial charge on any atom is 0.410 e. The van der Waals surface area contributed by atoms with E-state index in [1.54, 1.807) is 12.1 Å². The van der Waals surface area contributed by atoms with Crippen molar-refractivity contribution < 1.29 is 14.6 Å². The molecule has 0 saturated carbocycles. The van der Waals surface area contributed by atoms with E-state index in [1.807, 2.05) is 36.1 Å². The first kappa shape index (κ1) is 16.4. The molecule has 1 atom stereocenters. The van der Waals surface area contributed by atoms with Crippen LogP contribution in [0, 0.1) is 0 Å². The fourth-order valence-electron chi connectivity index (χ4n) is 3.37. The monoisotopic (exact) mass is 325 g/mol. The van der Waals surface area contributed by atoms with Gasteiger partial charge < -0.3 is 14.7 Å². The first-order valence-corrected chi connectivity index (χ1v) is 8.48. The standard InChI is InChI=1S/C20H23NO3/c1-2-24-20(23)21-12-6-9-16-10-11-17(22)14-18(16)19(21)13-15-7-4-3-5-8-15/h3-5,7-8,10-11,14,19,22H,2,6,9,12-13H2,1H3. The summed E-state index contributed by atoms with van der Waals surface area (Å²) in [7, 11) is 0. The van der Waals surface area contributed by atoms with E-state index in [0.717, 1.165) is 24.0 Å². The first-order valence-electron chi connectivity index (χ1n) is 8.48. The minimum absolute atomic E-state index is 0.129. The van der Waals surface area contributed by atoms with Crippen LogP contribution in [0.25, 0.3) is 0 Å². The van der Waals surface area contributed by atoms with Gasteiger partial charge in [0.05, 0.1) is 12.6 Å². The molecule has 3 rings (SSSR count). The minimum atomic E-state index is -0.283. The number of carbonyl (C=O) groups is 1. The van der Waals surface area contributed by atoms with Gasteiger partial charge in [-0.1, -0.05) is 36.4 Å². The van der Waals surface area contributed by atoms with Crippen molar-refractivity contribution in [2.45, 2.75) is 32.2 Å². The summed E-state index contributed by atoms with van der Waals surface area (Å²) in [6.45, 7) is 2.84. The topological polar surface area (TPSA) is 49.8 Å². The Labute approximate surface area is 142 Å². The van der Waals surface area contributed by atoms with Crippen LogP contribution >= 0.6 is 0 Å². The van der Waals surface area contributed by atoms with Crippen molar-refractivity contribution in [3.05, 3.63) is 65.2 Å². The van der Waals surface area contributed by atoms with Gasteiger partial charge in [-0.15, -0.1) is 0 Å². The molecule has 0 bridgehead atoms. The molecule has 4 nitrogen and oxygen atoms in total. The van der Waals surface area contributed by atoms with Crippen LogP contribution in [0.4, 0.5) is 4.79 Å². The summed E-state index contributed by atoms with van der Waals surface area (Å²) in [6, 6.07) is 15.5. The Kier molecular flexibility index (Phi) is 5.04. The molecule has 126 valence electrons. The highest BCUT2D eigenvalue weighted by Crippen LogP contribution is 2.34. The first-order chi connectivity index (χ1) is 11.7. The number of rotatable bonds is 3. The van der Waals surface area contributed by atoms with Crippen molar-refractivity contribution in [3.63, 3.8) is 0 Å². The van der Waals surface area contributed by atoms with Crippen molar-refractivity contribution in [2.75, 3.05) is 13.2 Å². The smallest absolute Gasteiger partial charge is 0.410 e. The number of fused-ring (bicyclic) bond motifs is 1. The lowest BCUT2D eigenvalue weighted by Crippen LogP contribution is -2.36. The Morgan fingerprint density at radius 2 is 2.04 bits per heavy atom. The zero-order valence-electron chi connectivity index (χ0n) is 13.9. The van der Waals surface area contributed by atoms with Crippen molar-refractivity contribution in [2.24, 2.45) is 0 Å².